The van der Waals surface area contributed by atoms with Crippen molar-refractivity contribution >= 4 is 17.9 Å². The summed E-state index contributed by atoms with van der Waals surface area (Å²) in [6, 6.07) is 0. The molecule has 0 aromatic rings. The van der Waals surface area contributed by atoms with Crippen LogP contribution in [0, 0.1) is 0 Å². The Kier molecular flexibility index (Phi) is 25.1. The molecule has 0 saturated carbocycles. The molecule has 228 valence electrons. The second kappa shape index (κ2) is 26.3. The van der Waals surface area contributed by atoms with Crippen molar-refractivity contribution in [3.8, 4) is 0 Å². The molecule has 0 aliphatic carbocycles. The summed E-state index contributed by atoms with van der Waals surface area (Å²) in [4.78, 5) is 33.1. The highest BCUT2D eigenvalue weighted by atomic mass is 16.4. The maximum atomic E-state index is 11.0. The second-order valence-corrected chi connectivity index (χ2v) is 11.4. The van der Waals surface area contributed by atoms with Crippen molar-refractivity contribution < 1.29 is 34.2 Å². The lowest BCUT2D eigenvalue weighted by Gasteiger charge is -2.35. The van der Waals surface area contributed by atoms with Gasteiger partial charge in [0.1, 0.15) is 0 Å². The summed E-state index contributed by atoms with van der Waals surface area (Å²) in [6.45, 7) is 4.02. The smallest absolute Gasteiger partial charge is 0.303 e. The molecular formula is C32H60NO6+. The number of carboxylic acids is 3. The van der Waals surface area contributed by atoms with Crippen LogP contribution in [0.25, 0.3) is 0 Å². The number of carboxylic acid groups (broad SMARTS) is 3. The van der Waals surface area contributed by atoms with E-state index < -0.39 is 17.9 Å². The molecule has 0 radical (unpaired) electrons. The summed E-state index contributed by atoms with van der Waals surface area (Å²) in [7, 11) is 0. The molecule has 0 unspecified atom stereocenters. The van der Waals surface area contributed by atoms with Crippen LogP contribution in [0.1, 0.15) is 155 Å². The molecule has 0 rings (SSSR count). The molecular weight excluding hydrogens is 494 g/mol. The Balaban J connectivity index is 4.24. The molecule has 0 aliphatic rings. The van der Waals surface area contributed by atoms with Crippen LogP contribution >= 0.6 is 0 Å². The summed E-state index contributed by atoms with van der Waals surface area (Å²) in [6.07, 6.45) is 28.2. The van der Waals surface area contributed by atoms with Crippen LogP contribution in [-0.2, 0) is 14.4 Å². The van der Waals surface area contributed by atoms with Crippen molar-refractivity contribution in [1.82, 2.24) is 0 Å². The van der Waals surface area contributed by atoms with Gasteiger partial charge >= 0.3 is 17.9 Å². The van der Waals surface area contributed by atoms with Gasteiger partial charge in [-0.15, -0.1) is 0 Å². The fourth-order valence-corrected chi connectivity index (χ4v) is 5.30. The monoisotopic (exact) mass is 554 g/mol. The van der Waals surface area contributed by atoms with Crippen molar-refractivity contribution in [1.29, 1.82) is 0 Å². The summed E-state index contributed by atoms with van der Waals surface area (Å²) >= 11 is 0. The Labute approximate surface area is 238 Å². The molecule has 0 atom stereocenters. The van der Waals surface area contributed by atoms with Gasteiger partial charge in [0.25, 0.3) is 0 Å². The van der Waals surface area contributed by atoms with Crippen LogP contribution in [0.2, 0.25) is 0 Å². The molecule has 0 bridgehead atoms. The normalized spacial score (nSPS) is 11.8. The molecule has 7 heteroatoms. The Morgan fingerprint density at radius 1 is 0.487 bits per heavy atom. The van der Waals surface area contributed by atoms with Crippen LogP contribution in [0.15, 0.2) is 12.3 Å². The van der Waals surface area contributed by atoms with Crippen molar-refractivity contribution in [2.75, 3.05) is 19.6 Å². The highest BCUT2D eigenvalue weighted by Gasteiger charge is 2.25. The first-order valence-corrected chi connectivity index (χ1v) is 16.0. The van der Waals surface area contributed by atoms with Crippen LogP contribution in [-0.4, -0.2) is 57.3 Å². The lowest BCUT2D eigenvalue weighted by atomic mass is 10.0. The Hall–Kier alpha value is -1.89. The molecule has 0 amide bonds. The van der Waals surface area contributed by atoms with E-state index in [1.807, 2.05) is 0 Å². The first kappa shape index (κ1) is 37.1. The number of hydrogen-bond acceptors (Lipinski definition) is 3. The zero-order valence-corrected chi connectivity index (χ0v) is 25.1. The molecule has 0 fully saturated rings. The number of nitrogens with zero attached hydrogens (tertiary/aromatic N) is 1. The van der Waals surface area contributed by atoms with Crippen LogP contribution in [0.5, 0.6) is 0 Å². The van der Waals surface area contributed by atoms with Crippen LogP contribution in [0.3, 0.4) is 0 Å². The van der Waals surface area contributed by atoms with E-state index in [9.17, 15) is 14.4 Å². The lowest BCUT2D eigenvalue weighted by Crippen LogP contribution is -2.45. The maximum absolute atomic E-state index is 11.0. The quantitative estimate of drug-likeness (QED) is 0.0605. The third kappa shape index (κ3) is 26.1. The van der Waals surface area contributed by atoms with Gasteiger partial charge < -0.3 is 15.3 Å². The lowest BCUT2D eigenvalue weighted by molar-refractivity contribution is -0.880. The zero-order chi connectivity index (χ0) is 29.0. The van der Waals surface area contributed by atoms with Gasteiger partial charge in [0.05, 0.1) is 45.1 Å². The maximum Gasteiger partial charge on any atom is 0.303 e. The first-order valence-electron chi connectivity index (χ1n) is 16.0. The number of carbonyl (C=O) groups is 3. The average Bonchev–Trinajstić information content (AvgIpc) is 2.87. The molecule has 0 spiro atoms. The molecule has 0 heterocycles. The van der Waals surface area contributed by atoms with Gasteiger partial charge in [0.15, 0.2) is 0 Å². The van der Waals surface area contributed by atoms with Gasteiger partial charge in [-0.3, -0.25) is 18.9 Å². The van der Waals surface area contributed by atoms with E-state index in [1.165, 1.54) is 96.3 Å². The summed E-state index contributed by atoms with van der Waals surface area (Å²) < 4.78 is 0.465. The molecule has 0 aromatic carbocycles. The summed E-state index contributed by atoms with van der Waals surface area (Å²) in [5, 5.41) is 27.2. The standard InChI is InChI=1S/C32H59NO6/c1-2-3-4-5-6-7-8-9-10-11-12-13-14-15-16-17-18-19-26-33(27-20-23-30(34)35,28-21-24-31(36)37)29-22-25-32(38)39/h19,26H,2-18,20-25,27-29H2,1H3,(H2-,34,35,36,37,38,39)/p+1/b26-19+. The van der Waals surface area contributed by atoms with Crippen molar-refractivity contribution in [3.63, 3.8) is 0 Å². The Morgan fingerprint density at radius 3 is 1.10 bits per heavy atom. The molecule has 0 aliphatic heterocycles. The number of aliphatic carboxylic acids is 3. The van der Waals surface area contributed by atoms with Crippen molar-refractivity contribution in [2.24, 2.45) is 0 Å². The van der Waals surface area contributed by atoms with Crippen molar-refractivity contribution in [3.05, 3.63) is 12.3 Å². The van der Waals surface area contributed by atoms with Gasteiger partial charge in [-0.25, -0.2) is 0 Å². The van der Waals surface area contributed by atoms with E-state index in [4.69, 9.17) is 15.3 Å². The van der Waals surface area contributed by atoms with E-state index in [-0.39, 0.29) is 19.3 Å². The number of unbranched alkanes of at least 4 members (excludes halogenated alkanes) is 16. The third-order valence-electron chi connectivity index (χ3n) is 7.63. The Morgan fingerprint density at radius 2 is 0.795 bits per heavy atom. The minimum absolute atomic E-state index is 0.0603. The SMILES string of the molecule is CCCCCCCCCCCCCCCCCC/C=C/[N+](CCCC(=O)O)(CCCC(=O)O)CCCC(=O)O. The van der Waals surface area contributed by atoms with Gasteiger partial charge in [-0.1, -0.05) is 103 Å². The molecule has 3 N–H and O–H groups in total. The van der Waals surface area contributed by atoms with E-state index in [0.29, 0.717) is 43.4 Å². The van der Waals surface area contributed by atoms with Crippen LogP contribution < -0.4 is 0 Å². The number of quaternary nitrogens is 1. The van der Waals surface area contributed by atoms with Gasteiger partial charge in [0, 0.05) is 19.3 Å². The zero-order valence-electron chi connectivity index (χ0n) is 25.1. The predicted octanol–water partition coefficient (Wildman–Crippen LogP) is 8.56. The number of rotatable bonds is 30. The molecule has 0 aromatic heterocycles. The highest BCUT2D eigenvalue weighted by molar-refractivity contribution is 5.67. The molecule has 0 saturated heterocycles. The van der Waals surface area contributed by atoms with Crippen molar-refractivity contribution in [2.45, 2.75) is 155 Å². The Bertz CT molecular complexity index is 598. The van der Waals surface area contributed by atoms with Gasteiger partial charge in [0.2, 0.25) is 0 Å². The fourth-order valence-electron chi connectivity index (χ4n) is 5.30. The van der Waals surface area contributed by atoms with E-state index in [0.717, 1.165) is 12.8 Å². The predicted molar refractivity (Wildman–Crippen MR) is 159 cm³/mol. The first-order chi connectivity index (χ1) is 18.8. The minimum Gasteiger partial charge on any atom is -0.481 e. The van der Waals surface area contributed by atoms with E-state index in [1.54, 1.807) is 0 Å². The topological polar surface area (TPSA) is 112 Å². The summed E-state index contributed by atoms with van der Waals surface area (Å²) in [5.74, 6) is -2.54. The summed E-state index contributed by atoms with van der Waals surface area (Å²) in [5.41, 5.74) is 0. The van der Waals surface area contributed by atoms with Gasteiger partial charge in [-0.2, -0.15) is 0 Å². The van der Waals surface area contributed by atoms with Gasteiger partial charge in [-0.05, 0) is 18.9 Å². The number of hydrogen-bond donors (Lipinski definition) is 3. The largest absolute Gasteiger partial charge is 0.481 e. The fraction of sp³-hybridized carbons (Fsp3) is 0.844. The highest BCUT2D eigenvalue weighted by Crippen LogP contribution is 2.18. The second-order valence-electron chi connectivity index (χ2n) is 11.4. The minimum atomic E-state index is -0.846. The average molecular weight is 555 g/mol. The molecule has 7 nitrogen and oxygen atoms in total. The van der Waals surface area contributed by atoms with E-state index >= 15 is 0 Å². The molecule has 39 heavy (non-hydrogen) atoms. The third-order valence-corrected chi connectivity index (χ3v) is 7.63. The number of allylic oxidation sites excluding steroid dienone is 1. The van der Waals surface area contributed by atoms with E-state index in [2.05, 4.69) is 19.2 Å². The van der Waals surface area contributed by atoms with Crippen LogP contribution in [0.4, 0.5) is 0 Å².